The average molecular weight is 824 g/mol. The van der Waals surface area contributed by atoms with E-state index in [1.165, 1.54) is 167 Å². The number of unbranched alkanes of at least 4 members (excludes halogenated alkanes) is 29. The number of carbonyl (C=O) groups is 1. The Morgan fingerprint density at radius 3 is 1.45 bits per heavy atom. The number of nitrogens with one attached hydrogen (secondary N) is 1. The monoisotopic (exact) mass is 824 g/mol. The first-order chi connectivity index (χ1) is 28.3. The Bertz CT molecular complexity index is 961. The van der Waals surface area contributed by atoms with Gasteiger partial charge in [0.25, 0.3) is 0 Å². The van der Waals surface area contributed by atoms with Crippen molar-refractivity contribution in [1.82, 2.24) is 5.32 Å². The summed E-state index contributed by atoms with van der Waals surface area (Å²) in [6.45, 7) is 3.73. The van der Waals surface area contributed by atoms with Crippen molar-refractivity contribution in [2.45, 2.75) is 269 Å². The van der Waals surface area contributed by atoms with E-state index >= 15 is 0 Å². The molecule has 7 atom stereocenters. The first-order valence-electron chi connectivity index (χ1n) is 24.6. The molecular formula is C49H93NO8. The lowest BCUT2D eigenvalue weighted by atomic mass is 9.99. The number of amides is 1. The van der Waals surface area contributed by atoms with Crippen molar-refractivity contribution in [3.8, 4) is 0 Å². The lowest BCUT2D eigenvalue weighted by Gasteiger charge is -2.40. The summed E-state index contributed by atoms with van der Waals surface area (Å²) in [5.41, 5.74) is 0. The molecule has 1 rings (SSSR count). The normalized spacial score (nSPS) is 21.0. The second-order valence-corrected chi connectivity index (χ2v) is 17.3. The third kappa shape index (κ3) is 29.8. The van der Waals surface area contributed by atoms with E-state index in [0.29, 0.717) is 6.42 Å². The third-order valence-corrected chi connectivity index (χ3v) is 11.8. The van der Waals surface area contributed by atoms with Crippen molar-refractivity contribution in [2.24, 2.45) is 0 Å². The predicted molar refractivity (Wildman–Crippen MR) is 240 cm³/mol. The van der Waals surface area contributed by atoms with E-state index < -0.39 is 49.5 Å². The van der Waals surface area contributed by atoms with Crippen molar-refractivity contribution in [1.29, 1.82) is 0 Å². The van der Waals surface area contributed by atoms with E-state index in [9.17, 15) is 30.3 Å². The number of allylic oxidation sites excluding steroid dienone is 3. The summed E-state index contributed by atoms with van der Waals surface area (Å²) in [5, 5.41) is 54.1. The van der Waals surface area contributed by atoms with Gasteiger partial charge in [0.1, 0.15) is 24.4 Å². The van der Waals surface area contributed by atoms with Crippen LogP contribution in [0, 0.1) is 0 Å². The summed E-state index contributed by atoms with van der Waals surface area (Å²) >= 11 is 0. The fourth-order valence-corrected chi connectivity index (χ4v) is 7.82. The number of rotatable bonds is 41. The Balaban J connectivity index is 2.20. The zero-order valence-electron chi connectivity index (χ0n) is 37.6. The van der Waals surface area contributed by atoms with Gasteiger partial charge in [0.2, 0.25) is 5.91 Å². The van der Waals surface area contributed by atoms with E-state index in [2.05, 4.69) is 31.3 Å². The molecule has 6 N–H and O–H groups in total. The topological polar surface area (TPSA) is 149 Å². The Kier molecular flexibility index (Phi) is 37.5. The van der Waals surface area contributed by atoms with Gasteiger partial charge in [-0.1, -0.05) is 212 Å². The number of hydrogen-bond donors (Lipinski definition) is 6. The van der Waals surface area contributed by atoms with Crippen LogP contribution >= 0.6 is 0 Å². The van der Waals surface area contributed by atoms with Gasteiger partial charge in [-0.2, -0.15) is 0 Å². The van der Waals surface area contributed by atoms with Crippen LogP contribution in [0.4, 0.5) is 0 Å². The zero-order chi connectivity index (χ0) is 42.3. The average Bonchev–Trinajstić information content (AvgIpc) is 3.22. The van der Waals surface area contributed by atoms with Crippen LogP contribution in [0.15, 0.2) is 24.3 Å². The van der Waals surface area contributed by atoms with E-state index in [1.807, 2.05) is 6.08 Å². The van der Waals surface area contributed by atoms with Crippen LogP contribution in [0.25, 0.3) is 0 Å². The molecule has 0 aliphatic carbocycles. The van der Waals surface area contributed by atoms with Crippen molar-refractivity contribution in [3.63, 3.8) is 0 Å². The van der Waals surface area contributed by atoms with Crippen molar-refractivity contribution in [2.75, 3.05) is 13.2 Å². The molecule has 1 heterocycles. The van der Waals surface area contributed by atoms with Gasteiger partial charge >= 0.3 is 0 Å². The Morgan fingerprint density at radius 2 is 0.983 bits per heavy atom. The fourth-order valence-electron chi connectivity index (χ4n) is 7.82. The Labute approximate surface area is 356 Å². The van der Waals surface area contributed by atoms with Gasteiger partial charge in [0.05, 0.1) is 25.4 Å². The highest BCUT2D eigenvalue weighted by molar-refractivity contribution is 5.76. The van der Waals surface area contributed by atoms with Crippen molar-refractivity contribution >= 4 is 5.91 Å². The molecule has 1 fully saturated rings. The van der Waals surface area contributed by atoms with Crippen LogP contribution < -0.4 is 5.32 Å². The molecule has 342 valence electrons. The summed E-state index contributed by atoms with van der Waals surface area (Å²) in [7, 11) is 0. The van der Waals surface area contributed by atoms with Gasteiger partial charge in [-0.3, -0.25) is 4.79 Å². The molecule has 7 unspecified atom stereocenters. The number of ether oxygens (including phenoxy) is 2. The third-order valence-electron chi connectivity index (χ3n) is 11.8. The highest BCUT2D eigenvalue weighted by Crippen LogP contribution is 2.23. The molecule has 9 heteroatoms. The lowest BCUT2D eigenvalue weighted by Crippen LogP contribution is -2.60. The summed E-state index contributed by atoms with van der Waals surface area (Å²) in [6.07, 6.45) is 41.1. The largest absolute Gasteiger partial charge is 0.394 e. The molecule has 1 aliphatic rings. The Hall–Kier alpha value is -1.33. The zero-order valence-corrected chi connectivity index (χ0v) is 37.6. The molecule has 0 aromatic heterocycles. The van der Waals surface area contributed by atoms with E-state index in [1.54, 1.807) is 6.08 Å². The lowest BCUT2D eigenvalue weighted by molar-refractivity contribution is -0.302. The molecule has 1 aliphatic heterocycles. The summed E-state index contributed by atoms with van der Waals surface area (Å²) in [4.78, 5) is 12.9. The molecule has 0 radical (unpaired) electrons. The van der Waals surface area contributed by atoms with Crippen LogP contribution in [0.5, 0.6) is 0 Å². The van der Waals surface area contributed by atoms with Gasteiger partial charge in [-0.05, 0) is 32.1 Å². The second-order valence-electron chi connectivity index (χ2n) is 17.3. The minimum atomic E-state index is -1.57. The molecule has 1 amide bonds. The first kappa shape index (κ1) is 54.7. The van der Waals surface area contributed by atoms with Gasteiger partial charge in [-0.15, -0.1) is 0 Å². The minimum absolute atomic E-state index is 0.185. The highest BCUT2D eigenvalue weighted by Gasteiger charge is 2.44. The number of aliphatic hydroxyl groups excluding tert-OH is 5. The van der Waals surface area contributed by atoms with Crippen LogP contribution in [-0.4, -0.2) is 87.5 Å². The highest BCUT2D eigenvalue weighted by atomic mass is 16.7. The fraction of sp³-hybridized carbons (Fsp3) is 0.898. The quantitative estimate of drug-likeness (QED) is 0.0264. The van der Waals surface area contributed by atoms with Gasteiger partial charge < -0.3 is 40.3 Å². The van der Waals surface area contributed by atoms with Crippen molar-refractivity contribution < 1.29 is 39.8 Å². The SMILES string of the molecule is CCCCCC/C=C/CC/C=C/C(O)C(COC1OC(CO)C(O)C(O)C1O)NC(=O)CCCCCCCCCCCCCCCCCCCCCCCCCCC. The maximum atomic E-state index is 12.9. The first-order valence-corrected chi connectivity index (χ1v) is 24.6. The maximum Gasteiger partial charge on any atom is 0.220 e. The summed E-state index contributed by atoms with van der Waals surface area (Å²) < 4.78 is 11.2. The van der Waals surface area contributed by atoms with E-state index in [-0.39, 0.29) is 12.5 Å². The summed E-state index contributed by atoms with van der Waals surface area (Å²) in [5.74, 6) is -0.185. The molecule has 9 nitrogen and oxygen atoms in total. The molecule has 0 aromatic rings. The molecule has 0 saturated carbocycles. The molecule has 1 saturated heterocycles. The number of hydrogen-bond acceptors (Lipinski definition) is 8. The van der Waals surface area contributed by atoms with Gasteiger partial charge in [-0.25, -0.2) is 0 Å². The van der Waals surface area contributed by atoms with Crippen molar-refractivity contribution in [3.05, 3.63) is 24.3 Å². The Morgan fingerprint density at radius 1 is 0.569 bits per heavy atom. The maximum absolute atomic E-state index is 12.9. The van der Waals surface area contributed by atoms with Gasteiger partial charge in [0, 0.05) is 6.42 Å². The number of carbonyl (C=O) groups excluding carboxylic acids is 1. The predicted octanol–water partition coefficient (Wildman–Crippen LogP) is 10.7. The number of aliphatic hydroxyl groups is 5. The molecule has 0 spiro atoms. The van der Waals surface area contributed by atoms with Crippen LogP contribution in [0.1, 0.15) is 226 Å². The molecular weight excluding hydrogens is 731 g/mol. The van der Waals surface area contributed by atoms with Gasteiger partial charge in [0.15, 0.2) is 6.29 Å². The van der Waals surface area contributed by atoms with Crippen LogP contribution in [-0.2, 0) is 14.3 Å². The van der Waals surface area contributed by atoms with E-state index in [0.717, 1.165) is 38.5 Å². The molecule has 58 heavy (non-hydrogen) atoms. The summed E-state index contributed by atoms with van der Waals surface area (Å²) in [6, 6.07) is -0.815. The van der Waals surface area contributed by atoms with E-state index in [4.69, 9.17) is 9.47 Å². The minimum Gasteiger partial charge on any atom is -0.394 e. The molecule has 0 aromatic carbocycles. The standard InChI is InChI=1S/C49H93NO8/c1-3-5-7-9-11-13-15-16-17-18-19-20-21-22-23-24-25-26-27-28-29-31-33-35-37-39-45(53)50-42(41-57-49-48(56)47(55)46(54)44(40-51)58-49)43(52)38-36-34-32-30-14-12-10-8-6-4-2/h14,30,36,38,42-44,46-49,51-52,54-56H,3-13,15-29,31-35,37,39-41H2,1-2H3,(H,50,53)/b30-14+,38-36+. The van der Waals surface area contributed by atoms with Crippen LogP contribution in [0.3, 0.4) is 0 Å². The van der Waals surface area contributed by atoms with Crippen LogP contribution in [0.2, 0.25) is 0 Å². The second kappa shape index (κ2) is 39.8. The smallest absolute Gasteiger partial charge is 0.220 e. The molecule has 0 bridgehead atoms.